The lowest BCUT2D eigenvalue weighted by Gasteiger charge is -2.24. The minimum absolute atomic E-state index is 0.158. The lowest BCUT2D eigenvalue weighted by atomic mass is 9.91. The van der Waals surface area contributed by atoms with Crippen molar-refractivity contribution in [3.05, 3.63) is 59.5 Å². The maximum absolute atomic E-state index is 12.9. The van der Waals surface area contributed by atoms with Gasteiger partial charge in [-0.15, -0.1) is 0 Å². The van der Waals surface area contributed by atoms with Gasteiger partial charge >= 0.3 is 6.03 Å². The highest BCUT2D eigenvalue weighted by molar-refractivity contribution is 6.09. The Morgan fingerprint density at radius 2 is 1.93 bits per heavy atom. The van der Waals surface area contributed by atoms with Crippen LogP contribution < -0.4 is 10.6 Å². The number of carbonyl (C=O) groups excluding carboxylic acids is 3. The number of nitrogens with one attached hydrogen (secondary N) is 2. The number of likely N-dealkylation sites (N-methyl/N-ethyl adjacent to an activating group) is 1. The van der Waals surface area contributed by atoms with Gasteiger partial charge in [-0.25, -0.2) is 4.79 Å². The molecule has 3 rings (SSSR count). The van der Waals surface area contributed by atoms with E-state index < -0.39 is 23.4 Å². The van der Waals surface area contributed by atoms with Crippen molar-refractivity contribution in [3.8, 4) is 0 Å². The van der Waals surface area contributed by atoms with Gasteiger partial charge in [-0.3, -0.25) is 19.4 Å². The van der Waals surface area contributed by atoms with Crippen LogP contribution in [0.5, 0.6) is 0 Å². The SMILES string of the molecule is Cc1ccc(C2(C)NC(=O)N(CC(=O)NCC(c3ccco3)N(C)C)C2=O)cc1. The van der Waals surface area contributed by atoms with Crippen molar-refractivity contribution in [1.29, 1.82) is 0 Å². The molecule has 0 spiro atoms. The number of hydrogen-bond acceptors (Lipinski definition) is 5. The molecule has 0 aliphatic carbocycles. The predicted molar refractivity (Wildman–Crippen MR) is 107 cm³/mol. The van der Waals surface area contributed by atoms with Crippen molar-refractivity contribution in [2.24, 2.45) is 0 Å². The summed E-state index contributed by atoms with van der Waals surface area (Å²) < 4.78 is 5.42. The fraction of sp³-hybridized carbons (Fsp3) is 0.381. The second-order valence-electron chi connectivity index (χ2n) is 7.61. The number of urea groups is 1. The molecule has 4 amide bonds. The summed E-state index contributed by atoms with van der Waals surface area (Å²) >= 11 is 0. The normalized spacial score (nSPS) is 20.1. The number of imide groups is 1. The summed E-state index contributed by atoms with van der Waals surface area (Å²) in [5.41, 5.74) is 0.540. The molecule has 29 heavy (non-hydrogen) atoms. The van der Waals surface area contributed by atoms with Gasteiger partial charge in [0.2, 0.25) is 5.91 Å². The molecule has 2 aromatic rings. The Morgan fingerprint density at radius 1 is 1.24 bits per heavy atom. The van der Waals surface area contributed by atoms with E-state index in [1.165, 1.54) is 0 Å². The molecule has 1 aromatic heterocycles. The summed E-state index contributed by atoms with van der Waals surface area (Å²) in [6, 6.07) is 10.3. The highest BCUT2D eigenvalue weighted by atomic mass is 16.3. The zero-order chi connectivity index (χ0) is 21.2. The summed E-state index contributed by atoms with van der Waals surface area (Å²) in [7, 11) is 3.76. The maximum atomic E-state index is 12.9. The first-order valence-corrected chi connectivity index (χ1v) is 9.40. The lowest BCUT2D eigenvalue weighted by molar-refractivity contribution is -0.134. The number of carbonyl (C=O) groups is 3. The van der Waals surface area contributed by atoms with Crippen molar-refractivity contribution < 1.29 is 18.8 Å². The quantitative estimate of drug-likeness (QED) is 0.693. The lowest BCUT2D eigenvalue weighted by Crippen LogP contribution is -2.44. The Morgan fingerprint density at radius 3 is 2.52 bits per heavy atom. The van der Waals surface area contributed by atoms with E-state index in [4.69, 9.17) is 4.42 Å². The topological polar surface area (TPSA) is 94.9 Å². The van der Waals surface area contributed by atoms with Gasteiger partial charge < -0.3 is 15.1 Å². The standard InChI is InChI=1S/C21H26N4O4/c1-14-7-9-15(10-8-14)21(2)19(27)25(20(28)23-21)13-18(26)22-12-16(24(3)4)17-6-5-11-29-17/h5-11,16H,12-13H2,1-4H3,(H,22,26)(H,23,28). The second-order valence-corrected chi connectivity index (χ2v) is 7.61. The van der Waals surface area contributed by atoms with Gasteiger partial charge in [0.1, 0.15) is 17.8 Å². The van der Waals surface area contributed by atoms with Crippen LogP contribution in [0.3, 0.4) is 0 Å². The fourth-order valence-electron chi connectivity index (χ4n) is 3.35. The average molecular weight is 398 g/mol. The van der Waals surface area contributed by atoms with Crippen LogP contribution in [-0.4, -0.2) is 54.8 Å². The third-order valence-corrected chi connectivity index (χ3v) is 5.19. The van der Waals surface area contributed by atoms with E-state index in [1.807, 2.05) is 56.3 Å². The predicted octanol–water partition coefficient (Wildman–Crippen LogP) is 1.77. The second kappa shape index (κ2) is 8.08. The molecule has 2 atom stereocenters. The highest BCUT2D eigenvalue weighted by Gasteiger charge is 2.49. The van der Waals surface area contributed by atoms with Gasteiger partial charge in [0.05, 0.1) is 12.3 Å². The van der Waals surface area contributed by atoms with Gasteiger partial charge in [-0.2, -0.15) is 0 Å². The van der Waals surface area contributed by atoms with Crippen LogP contribution in [0.25, 0.3) is 0 Å². The molecule has 2 heterocycles. The molecule has 0 radical (unpaired) electrons. The van der Waals surface area contributed by atoms with Crippen LogP contribution in [0, 0.1) is 6.92 Å². The van der Waals surface area contributed by atoms with Crippen molar-refractivity contribution in [2.45, 2.75) is 25.4 Å². The van der Waals surface area contributed by atoms with Crippen molar-refractivity contribution >= 4 is 17.8 Å². The molecule has 0 saturated carbocycles. The van der Waals surface area contributed by atoms with E-state index >= 15 is 0 Å². The molecule has 8 nitrogen and oxygen atoms in total. The summed E-state index contributed by atoms with van der Waals surface area (Å²) in [4.78, 5) is 40.6. The summed E-state index contributed by atoms with van der Waals surface area (Å²) in [6.45, 7) is 3.54. The Hall–Kier alpha value is -3.13. The maximum Gasteiger partial charge on any atom is 0.325 e. The highest BCUT2D eigenvalue weighted by Crippen LogP contribution is 2.28. The Balaban J connectivity index is 1.65. The van der Waals surface area contributed by atoms with Gasteiger partial charge in [0.15, 0.2) is 0 Å². The minimum atomic E-state index is -1.19. The first-order valence-electron chi connectivity index (χ1n) is 9.40. The van der Waals surface area contributed by atoms with Gasteiger partial charge in [-0.05, 0) is 45.6 Å². The molecular weight excluding hydrogens is 372 g/mol. The first kappa shape index (κ1) is 20.6. The molecule has 2 N–H and O–H groups in total. The third-order valence-electron chi connectivity index (χ3n) is 5.19. The molecule has 1 aromatic carbocycles. The molecule has 1 saturated heterocycles. The number of benzene rings is 1. The third kappa shape index (κ3) is 4.17. The van der Waals surface area contributed by atoms with Gasteiger partial charge in [-0.1, -0.05) is 29.8 Å². The molecule has 1 fully saturated rings. The van der Waals surface area contributed by atoms with Crippen LogP contribution in [0.1, 0.15) is 29.9 Å². The number of furan rings is 1. The van der Waals surface area contributed by atoms with Crippen LogP contribution in [0.15, 0.2) is 47.1 Å². The number of nitrogens with zero attached hydrogens (tertiary/aromatic N) is 2. The van der Waals surface area contributed by atoms with Crippen LogP contribution in [0.2, 0.25) is 0 Å². The average Bonchev–Trinajstić information content (AvgIpc) is 3.26. The van der Waals surface area contributed by atoms with E-state index in [-0.39, 0.29) is 19.1 Å². The van der Waals surface area contributed by atoms with E-state index in [1.54, 1.807) is 19.3 Å². The molecule has 1 aliphatic heterocycles. The molecular formula is C21H26N4O4. The van der Waals surface area contributed by atoms with E-state index in [2.05, 4.69) is 10.6 Å². The zero-order valence-corrected chi connectivity index (χ0v) is 17.1. The first-order chi connectivity index (χ1) is 13.7. The smallest absolute Gasteiger partial charge is 0.325 e. The molecule has 154 valence electrons. The monoisotopic (exact) mass is 398 g/mol. The fourth-order valence-corrected chi connectivity index (χ4v) is 3.35. The molecule has 1 aliphatic rings. The summed E-state index contributed by atoms with van der Waals surface area (Å²) in [5.74, 6) is -0.144. The van der Waals surface area contributed by atoms with Crippen molar-refractivity contribution in [1.82, 2.24) is 20.4 Å². The van der Waals surface area contributed by atoms with E-state index in [9.17, 15) is 14.4 Å². The summed E-state index contributed by atoms with van der Waals surface area (Å²) in [6.07, 6.45) is 1.58. The molecule has 0 bridgehead atoms. The Labute approximate surface area is 169 Å². The number of amides is 4. The Bertz CT molecular complexity index is 892. The van der Waals surface area contributed by atoms with Gasteiger partial charge in [0.25, 0.3) is 5.91 Å². The summed E-state index contributed by atoms with van der Waals surface area (Å²) in [5, 5.41) is 5.49. The van der Waals surface area contributed by atoms with Crippen LogP contribution >= 0.6 is 0 Å². The molecule has 2 unspecified atom stereocenters. The van der Waals surface area contributed by atoms with Crippen LogP contribution in [-0.2, 0) is 15.1 Å². The van der Waals surface area contributed by atoms with Crippen molar-refractivity contribution in [2.75, 3.05) is 27.2 Å². The zero-order valence-electron chi connectivity index (χ0n) is 17.1. The number of hydrogen-bond donors (Lipinski definition) is 2. The van der Waals surface area contributed by atoms with E-state index in [0.29, 0.717) is 5.56 Å². The number of rotatable bonds is 7. The van der Waals surface area contributed by atoms with E-state index in [0.717, 1.165) is 16.2 Å². The Kier molecular flexibility index (Phi) is 5.74. The largest absolute Gasteiger partial charge is 0.468 e. The minimum Gasteiger partial charge on any atom is -0.468 e. The van der Waals surface area contributed by atoms with Crippen molar-refractivity contribution in [3.63, 3.8) is 0 Å². The van der Waals surface area contributed by atoms with Gasteiger partial charge in [0, 0.05) is 6.54 Å². The number of aryl methyl sites for hydroxylation is 1. The molecule has 8 heteroatoms. The van der Waals surface area contributed by atoms with Crippen LogP contribution in [0.4, 0.5) is 4.79 Å².